The average Bonchev–Trinajstić information content (AvgIpc) is 2.61. The van der Waals surface area contributed by atoms with Crippen LogP contribution in [0.3, 0.4) is 0 Å². The molecule has 142 valence electrons. The lowest BCUT2D eigenvalue weighted by Crippen LogP contribution is -2.56. The van der Waals surface area contributed by atoms with E-state index in [-0.39, 0.29) is 22.9 Å². The number of anilines is 1. The van der Waals surface area contributed by atoms with Crippen molar-refractivity contribution in [1.82, 2.24) is 10.3 Å². The van der Waals surface area contributed by atoms with E-state index < -0.39 is 0 Å². The second-order valence-electron chi connectivity index (χ2n) is 8.95. The third-order valence-corrected chi connectivity index (χ3v) is 6.97. The average molecular weight is 364 g/mol. The lowest BCUT2D eigenvalue weighted by Gasteiger charge is -2.59. The number of aryl methyl sites for hydroxylation is 1. The van der Waals surface area contributed by atoms with Crippen LogP contribution in [0.1, 0.15) is 51.1 Å². The minimum Gasteiger partial charge on any atom is -0.348 e. The fourth-order valence-electron chi connectivity index (χ4n) is 6.05. The van der Waals surface area contributed by atoms with E-state index in [1.54, 1.807) is 0 Å². The number of nitriles is 1. The van der Waals surface area contributed by atoms with Gasteiger partial charge in [-0.3, -0.25) is 4.79 Å². The van der Waals surface area contributed by atoms with E-state index in [1.165, 1.54) is 44.7 Å². The summed E-state index contributed by atoms with van der Waals surface area (Å²) >= 11 is 0. The Morgan fingerprint density at radius 1 is 1.26 bits per heavy atom. The molecule has 1 aromatic heterocycles. The summed E-state index contributed by atoms with van der Waals surface area (Å²) in [7, 11) is 0. The first-order valence-corrected chi connectivity index (χ1v) is 10.1. The van der Waals surface area contributed by atoms with Gasteiger partial charge in [-0.1, -0.05) is 6.07 Å². The summed E-state index contributed by atoms with van der Waals surface area (Å²) in [4.78, 5) is 17.0. The third kappa shape index (κ3) is 3.58. The van der Waals surface area contributed by atoms with Gasteiger partial charge >= 0.3 is 0 Å². The van der Waals surface area contributed by atoms with Crippen LogP contribution in [0.2, 0.25) is 0 Å². The molecule has 4 aliphatic carbocycles. The second-order valence-corrected chi connectivity index (χ2v) is 8.95. The molecule has 5 nitrogen and oxygen atoms in total. The Kier molecular flexibility index (Phi) is 4.67. The summed E-state index contributed by atoms with van der Waals surface area (Å²) in [5.41, 5.74) is 1.21. The predicted octanol–water partition coefficient (Wildman–Crippen LogP) is 3.93. The number of nitrogens with zero attached hydrogens (tertiary/aromatic N) is 2. The van der Waals surface area contributed by atoms with Crippen molar-refractivity contribution in [2.45, 2.75) is 58.4 Å². The van der Waals surface area contributed by atoms with E-state index in [2.05, 4.69) is 22.5 Å². The molecule has 0 aromatic carbocycles. The molecule has 4 fully saturated rings. The van der Waals surface area contributed by atoms with Gasteiger partial charge in [0.15, 0.2) is 0 Å². The largest absolute Gasteiger partial charge is 0.348 e. The zero-order valence-corrected chi connectivity index (χ0v) is 16.2. The zero-order valence-electron chi connectivity index (χ0n) is 16.2. The van der Waals surface area contributed by atoms with Crippen LogP contribution in [0.4, 0.5) is 5.82 Å². The van der Waals surface area contributed by atoms with Gasteiger partial charge in [-0.05, 0) is 87.7 Å². The van der Waals surface area contributed by atoms with Gasteiger partial charge in [0.05, 0.1) is 0 Å². The number of hydrogen-bond acceptors (Lipinski definition) is 4. The summed E-state index contributed by atoms with van der Waals surface area (Å²) in [6.07, 6.45) is 9.32. The van der Waals surface area contributed by atoms with Gasteiger partial charge in [-0.2, -0.15) is 5.26 Å². The minimum absolute atomic E-state index is 0.0925. The van der Waals surface area contributed by atoms with Gasteiger partial charge in [-0.15, -0.1) is 0 Å². The van der Waals surface area contributed by atoms with Crippen LogP contribution in [0.5, 0.6) is 0 Å². The maximum atomic E-state index is 12.7. The number of carbonyl (C=O) groups is 1. The second kappa shape index (κ2) is 6.99. The Hall–Kier alpha value is -2.35. The van der Waals surface area contributed by atoms with Crippen LogP contribution >= 0.6 is 0 Å². The lowest BCUT2D eigenvalue weighted by atomic mass is 9.48. The van der Waals surface area contributed by atoms with Crippen LogP contribution in [-0.2, 0) is 4.79 Å². The molecule has 0 aliphatic heterocycles. The quantitative estimate of drug-likeness (QED) is 0.613. The van der Waals surface area contributed by atoms with Gasteiger partial charge in [0, 0.05) is 17.9 Å². The van der Waals surface area contributed by atoms with Gasteiger partial charge in [-0.25, -0.2) is 4.98 Å². The van der Waals surface area contributed by atoms with E-state index in [9.17, 15) is 10.1 Å². The van der Waals surface area contributed by atoms with Crippen molar-refractivity contribution in [1.29, 1.82) is 5.26 Å². The lowest BCUT2D eigenvalue weighted by molar-refractivity contribution is -0.122. The Labute approximate surface area is 161 Å². The van der Waals surface area contributed by atoms with Gasteiger partial charge < -0.3 is 10.6 Å². The van der Waals surface area contributed by atoms with Crippen molar-refractivity contribution in [2.75, 3.05) is 5.32 Å². The molecule has 5 heteroatoms. The molecule has 5 rings (SSSR count). The van der Waals surface area contributed by atoms with Crippen molar-refractivity contribution in [3.8, 4) is 6.07 Å². The van der Waals surface area contributed by atoms with E-state index in [4.69, 9.17) is 0 Å². The topological polar surface area (TPSA) is 77.8 Å². The predicted molar refractivity (Wildman–Crippen MR) is 105 cm³/mol. The SMILES string of the molecule is Cc1cccc(N/C=C(/C#N)C(=O)NC(C)C23CC4CC(CC(C4)C2)C3)n1. The summed E-state index contributed by atoms with van der Waals surface area (Å²) in [6, 6.07) is 7.73. The first kappa shape index (κ1) is 18.0. The van der Waals surface area contributed by atoms with Crippen LogP contribution in [0, 0.1) is 41.4 Å². The maximum Gasteiger partial charge on any atom is 0.263 e. The number of pyridine rings is 1. The maximum absolute atomic E-state index is 12.7. The van der Waals surface area contributed by atoms with E-state index >= 15 is 0 Å². The number of rotatable bonds is 5. The monoisotopic (exact) mass is 364 g/mol. The molecular weight excluding hydrogens is 336 g/mol. The summed E-state index contributed by atoms with van der Waals surface area (Å²) in [6.45, 7) is 4.04. The summed E-state index contributed by atoms with van der Waals surface area (Å²) in [5, 5.41) is 15.6. The molecule has 1 amide bonds. The van der Waals surface area contributed by atoms with Crippen molar-refractivity contribution >= 4 is 11.7 Å². The molecule has 1 unspecified atom stereocenters. The highest BCUT2D eigenvalue weighted by Crippen LogP contribution is 2.61. The fraction of sp³-hybridized carbons (Fsp3) is 0.591. The number of aromatic nitrogens is 1. The van der Waals surface area contributed by atoms with Gasteiger partial charge in [0.1, 0.15) is 17.5 Å². The number of carbonyl (C=O) groups excluding carboxylic acids is 1. The molecule has 27 heavy (non-hydrogen) atoms. The van der Waals surface area contributed by atoms with Crippen molar-refractivity contribution < 1.29 is 4.79 Å². The van der Waals surface area contributed by atoms with Crippen LogP contribution in [0.25, 0.3) is 0 Å². The number of hydrogen-bond donors (Lipinski definition) is 2. The van der Waals surface area contributed by atoms with E-state index in [1.807, 2.05) is 31.2 Å². The zero-order chi connectivity index (χ0) is 19.0. The molecule has 0 saturated heterocycles. The first-order chi connectivity index (χ1) is 13.0. The molecule has 1 heterocycles. The molecule has 0 spiro atoms. The highest BCUT2D eigenvalue weighted by atomic mass is 16.1. The van der Waals surface area contributed by atoms with E-state index in [0.717, 1.165) is 23.4 Å². The van der Waals surface area contributed by atoms with Crippen molar-refractivity contribution in [3.05, 3.63) is 35.7 Å². The molecule has 2 N–H and O–H groups in total. The molecule has 4 saturated carbocycles. The highest BCUT2D eigenvalue weighted by molar-refractivity contribution is 5.97. The molecular formula is C22H28N4O. The third-order valence-electron chi connectivity index (χ3n) is 6.97. The minimum atomic E-state index is -0.291. The smallest absolute Gasteiger partial charge is 0.263 e. The standard InChI is InChI=1S/C22H28N4O/c1-14-4-3-5-20(25-14)24-13-19(12-23)21(27)26-15(2)22-9-16-6-17(10-22)8-18(7-16)11-22/h3-5,13,15-18H,6-11H2,1-2H3,(H,24,25)(H,26,27)/b19-13-. The Morgan fingerprint density at radius 3 is 2.44 bits per heavy atom. The highest BCUT2D eigenvalue weighted by Gasteiger charge is 2.53. The van der Waals surface area contributed by atoms with Gasteiger partial charge in [0.25, 0.3) is 5.91 Å². The molecule has 4 aliphatic rings. The van der Waals surface area contributed by atoms with E-state index in [0.29, 0.717) is 5.82 Å². The number of nitrogens with one attached hydrogen (secondary N) is 2. The van der Waals surface area contributed by atoms with Crippen LogP contribution in [-0.4, -0.2) is 16.9 Å². The summed E-state index contributed by atoms with van der Waals surface area (Å²) < 4.78 is 0. The molecule has 4 bridgehead atoms. The Bertz CT molecular complexity index is 771. The molecule has 1 atom stereocenters. The van der Waals surface area contributed by atoms with Gasteiger partial charge in [0.2, 0.25) is 0 Å². The van der Waals surface area contributed by atoms with Crippen molar-refractivity contribution in [3.63, 3.8) is 0 Å². The van der Waals surface area contributed by atoms with Crippen molar-refractivity contribution in [2.24, 2.45) is 23.2 Å². The first-order valence-electron chi connectivity index (χ1n) is 10.1. The molecule has 1 aromatic rings. The fourth-order valence-corrected chi connectivity index (χ4v) is 6.05. The Balaban J connectivity index is 1.43. The Morgan fingerprint density at radius 2 is 1.89 bits per heavy atom. The molecule has 0 radical (unpaired) electrons. The summed E-state index contributed by atoms with van der Waals surface area (Å²) in [5.74, 6) is 2.87. The number of amides is 1. The van der Waals surface area contributed by atoms with Crippen LogP contribution in [0.15, 0.2) is 30.0 Å². The van der Waals surface area contributed by atoms with Crippen LogP contribution < -0.4 is 10.6 Å². The normalized spacial score (nSPS) is 32.6.